The molecule has 0 saturated carbocycles. The summed E-state index contributed by atoms with van der Waals surface area (Å²) in [5, 5.41) is 8.78. The van der Waals surface area contributed by atoms with Crippen molar-refractivity contribution in [2.24, 2.45) is 0 Å². The molecular formula is C12H14BrNO3. The fourth-order valence-corrected chi connectivity index (χ4v) is 2.88. The summed E-state index contributed by atoms with van der Waals surface area (Å²) in [7, 11) is 1.64. The van der Waals surface area contributed by atoms with E-state index in [2.05, 4.69) is 15.9 Å². The number of hydrogen-bond acceptors (Lipinski definition) is 3. The zero-order valence-electron chi connectivity index (χ0n) is 9.57. The summed E-state index contributed by atoms with van der Waals surface area (Å²) in [6.45, 7) is 1.55. The second-order valence-electron chi connectivity index (χ2n) is 4.07. The summed E-state index contributed by atoms with van der Waals surface area (Å²) in [5.74, 6) is 0.0523. The van der Waals surface area contributed by atoms with Crippen molar-refractivity contribution in [2.75, 3.05) is 20.2 Å². The van der Waals surface area contributed by atoms with Gasteiger partial charge in [-0.25, -0.2) is 0 Å². The maximum absolute atomic E-state index is 10.7. The van der Waals surface area contributed by atoms with Crippen LogP contribution in [0.2, 0.25) is 0 Å². The minimum Gasteiger partial charge on any atom is -0.496 e. The topological polar surface area (TPSA) is 49.8 Å². The summed E-state index contributed by atoms with van der Waals surface area (Å²) in [5.41, 5.74) is 2.40. The largest absolute Gasteiger partial charge is 0.496 e. The molecule has 2 rings (SSSR count). The van der Waals surface area contributed by atoms with Gasteiger partial charge in [-0.15, -0.1) is 0 Å². The quantitative estimate of drug-likeness (QED) is 0.926. The van der Waals surface area contributed by atoms with Crippen LogP contribution in [0.3, 0.4) is 0 Å². The minimum atomic E-state index is -0.777. The summed E-state index contributed by atoms with van der Waals surface area (Å²) in [4.78, 5) is 12.6. The Morgan fingerprint density at radius 2 is 2.35 bits per heavy atom. The molecule has 0 atom stereocenters. The lowest BCUT2D eigenvalue weighted by atomic mass is 9.99. The molecule has 92 valence electrons. The smallest absolute Gasteiger partial charge is 0.317 e. The van der Waals surface area contributed by atoms with E-state index in [9.17, 15) is 4.79 Å². The van der Waals surface area contributed by atoms with Gasteiger partial charge in [-0.2, -0.15) is 0 Å². The van der Waals surface area contributed by atoms with Gasteiger partial charge in [0.15, 0.2) is 0 Å². The number of aliphatic carboxylic acids is 1. The molecule has 0 unspecified atom stereocenters. The molecule has 0 amide bonds. The van der Waals surface area contributed by atoms with Gasteiger partial charge >= 0.3 is 5.97 Å². The van der Waals surface area contributed by atoms with Crippen LogP contribution in [-0.2, 0) is 17.8 Å². The molecule has 0 saturated heterocycles. The highest BCUT2D eigenvalue weighted by Crippen LogP contribution is 2.33. The third-order valence-corrected chi connectivity index (χ3v) is 3.82. The van der Waals surface area contributed by atoms with E-state index < -0.39 is 5.97 Å². The number of hydrogen-bond donors (Lipinski definition) is 1. The monoisotopic (exact) mass is 299 g/mol. The van der Waals surface area contributed by atoms with Crippen LogP contribution in [0.4, 0.5) is 0 Å². The van der Waals surface area contributed by atoms with Crippen molar-refractivity contribution < 1.29 is 14.6 Å². The average Bonchev–Trinajstić information content (AvgIpc) is 2.28. The average molecular weight is 300 g/mol. The molecule has 0 bridgehead atoms. The van der Waals surface area contributed by atoms with E-state index in [1.165, 1.54) is 11.1 Å². The van der Waals surface area contributed by atoms with Gasteiger partial charge in [-0.1, -0.05) is 6.07 Å². The molecule has 1 aromatic carbocycles. The first kappa shape index (κ1) is 12.4. The van der Waals surface area contributed by atoms with Gasteiger partial charge in [0.2, 0.25) is 0 Å². The van der Waals surface area contributed by atoms with E-state index in [4.69, 9.17) is 9.84 Å². The first-order chi connectivity index (χ1) is 8.11. The highest BCUT2D eigenvalue weighted by Gasteiger charge is 2.21. The first-order valence-electron chi connectivity index (χ1n) is 5.40. The Balaban J connectivity index is 2.22. The number of carboxylic acids is 1. The van der Waals surface area contributed by atoms with Gasteiger partial charge in [0.25, 0.3) is 0 Å². The Kier molecular flexibility index (Phi) is 3.69. The van der Waals surface area contributed by atoms with Gasteiger partial charge in [0.1, 0.15) is 5.75 Å². The minimum absolute atomic E-state index is 0.100. The number of nitrogens with zero attached hydrogens (tertiary/aromatic N) is 1. The number of halogens is 1. The molecule has 17 heavy (non-hydrogen) atoms. The van der Waals surface area contributed by atoms with Gasteiger partial charge in [0.05, 0.1) is 18.1 Å². The Hall–Kier alpha value is -1.07. The Morgan fingerprint density at radius 3 is 3.00 bits per heavy atom. The van der Waals surface area contributed by atoms with Crippen molar-refractivity contribution in [1.82, 2.24) is 4.90 Å². The molecule has 0 spiro atoms. The maximum Gasteiger partial charge on any atom is 0.317 e. The third kappa shape index (κ3) is 2.61. The SMILES string of the molecule is COc1ccc2c(c1Br)CCN(CC(=O)O)C2. The van der Waals surface area contributed by atoms with Gasteiger partial charge in [0, 0.05) is 13.1 Å². The van der Waals surface area contributed by atoms with Crippen molar-refractivity contribution in [3.63, 3.8) is 0 Å². The molecule has 0 radical (unpaired) electrons. The summed E-state index contributed by atoms with van der Waals surface area (Å²) in [6.07, 6.45) is 0.848. The summed E-state index contributed by atoms with van der Waals surface area (Å²) >= 11 is 3.54. The molecule has 0 aromatic heterocycles. The van der Waals surface area contributed by atoms with Gasteiger partial charge < -0.3 is 9.84 Å². The second kappa shape index (κ2) is 5.06. The number of carbonyl (C=O) groups is 1. The van der Waals surface area contributed by atoms with E-state index in [0.717, 1.165) is 23.2 Å². The lowest BCUT2D eigenvalue weighted by Gasteiger charge is -2.28. The highest BCUT2D eigenvalue weighted by molar-refractivity contribution is 9.10. The van der Waals surface area contributed by atoms with Crippen molar-refractivity contribution in [3.8, 4) is 5.75 Å². The van der Waals surface area contributed by atoms with E-state index in [-0.39, 0.29) is 6.54 Å². The van der Waals surface area contributed by atoms with Crippen LogP contribution in [0.1, 0.15) is 11.1 Å². The molecular weight excluding hydrogens is 286 g/mol. The number of methoxy groups -OCH3 is 1. The van der Waals surface area contributed by atoms with Crippen LogP contribution in [0.25, 0.3) is 0 Å². The van der Waals surface area contributed by atoms with Crippen molar-refractivity contribution in [3.05, 3.63) is 27.7 Å². The molecule has 0 fully saturated rings. The Bertz CT molecular complexity index is 448. The van der Waals surface area contributed by atoms with E-state index in [0.29, 0.717) is 6.54 Å². The molecule has 1 aliphatic rings. The molecule has 1 aliphatic heterocycles. The predicted molar refractivity (Wildman–Crippen MR) is 67.3 cm³/mol. The molecule has 1 aromatic rings. The number of benzene rings is 1. The van der Waals surface area contributed by atoms with Crippen LogP contribution in [0.5, 0.6) is 5.75 Å². The lowest BCUT2D eigenvalue weighted by Crippen LogP contribution is -2.34. The Labute approximate surface area is 108 Å². The van der Waals surface area contributed by atoms with Crippen molar-refractivity contribution in [2.45, 2.75) is 13.0 Å². The van der Waals surface area contributed by atoms with Crippen molar-refractivity contribution in [1.29, 1.82) is 0 Å². The fourth-order valence-electron chi connectivity index (χ4n) is 2.13. The third-order valence-electron chi connectivity index (χ3n) is 2.96. The standard InChI is InChI=1S/C12H14BrNO3/c1-17-10-3-2-8-6-14(7-11(15)16)5-4-9(8)12(10)13/h2-3H,4-7H2,1H3,(H,15,16). The zero-order chi connectivity index (χ0) is 12.4. The molecule has 4 nitrogen and oxygen atoms in total. The maximum atomic E-state index is 10.7. The number of fused-ring (bicyclic) bond motifs is 1. The summed E-state index contributed by atoms with van der Waals surface area (Å²) in [6, 6.07) is 3.92. The van der Waals surface area contributed by atoms with Gasteiger partial charge in [-0.3, -0.25) is 9.69 Å². The highest BCUT2D eigenvalue weighted by atomic mass is 79.9. The van der Waals surface area contributed by atoms with E-state index in [1.54, 1.807) is 7.11 Å². The van der Waals surface area contributed by atoms with Crippen LogP contribution < -0.4 is 4.74 Å². The Morgan fingerprint density at radius 1 is 1.59 bits per heavy atom. The van der Waals surface area contributed by atoms with Crippen LogP contribution in [-0.4, -0.2) is 36.2 Å². The predicted octanol–water partition coefficient (Wildman–Crippen LogP) is 1.90. The zero-order valence-corrected chi connectivity index (χ0v) is 11.2. The fraction of sp³-hybridized carbons (Fsp3) is 0.417. The van der Waals surface area contributed by atoms with Gasteiger partial charge in [-0.05, 0) is 39.5 Å². The molecule has 1 N–H and O–H groups in total. The number of rotatable bonds is 3. The normalized spacial score (nSPS) is 15.4. The van der Waals surface area contributed by atoms with Crippen LogP contribution >= 0.6 is 15.9 Å². The van der Waals surface area contributed by atoms with Crippen LogP contribution in [0.15, 0.2) is 16.6 Å². The first-order valence-corrected chi connectivity index (χ1v) is 6.19. The van der Waals surface area contributed by atoms with Crippen LogP contribution in [0, 0.1) is 0 Å². The van der Waals surface area contributed by atoms with Crippen molar-refractivity contribution >= 4 is 21.9 Å². The number of ether oxygens (including phenoxy) is 1. The molecule has 0 aliphatic carbocycles. The lowest BCUT2D eigenvalue weighted by molar-refractivity contribution is -0.138. The number of carboxylic acid groups (broad SMARTS) is 1. The van der Waals surface area contributed by atoms with E-state index in [1.807, 2.05) is 17.0 Å². The van der Waals surface area contributed by atoms with E-state index >= 15 is 0 Å². The molecule has 1 heterocycles. The summed E-state index contributed by atoms with van der Waals surface area (Å²) < 4.78 is 6.24. The molecule has 5 heteroatoms. The second-order valence-corrected chi connectivity index (χ2v) is 4.87.